The second kappa shape index (κ2) is 5.65. The molecule has 0 saturated carbocycles. The summed E-state index contributed by atoms with van der Waals surface area (Å²) >= 11 is 5.57. The molecule has 0 aliphatic rings. The maximum atomic E-state index is 12.1. The number of aryl methyl sites for hydroxylation is 1. The molecule has 0 amide bonds. The Morgan fingerprint density at radius 2 is 2.19 bits per heavy atom. The third-order valence-electron chi connectivity index (χ3n) is 2.24. The lowest BCUT2D eigenvalue weighted by Gasteiger charge is -2.17. The molecule has 5 nitrogen and oxygen atoms in total. The van der Waals surface area contributed by atoms with Crippen LogP contribution in [0.1, 0.15) is 19.7 Å². The first-order valence-electron chi connectivity index (χ1n) is 5.16. The number of halogens is 1. The fourth-order valence-electron chi connectivity index (χ4n) is 1.34. The fraction of sp³-hybridized carbons (Fsp3) is 0.667. The van der Waals surface area contributed by atoms with E-state index < -0.39 is 10.0 Å². The number of sulfonamides is 1. The van der Waals surface area contributed by atoms with Crippen LogP contribution in [-0.4, -0.2) is 41.7 Å². The molecule has 0 aliphatic heterocycles. The predicted molar refractivity (Wildman–Crippen MR) is 63.1 cm³/mol. The van der Waals surface area contributed by atoms with E-state index in [1.54, 1.807) is 6.92 Å². The lowest BCUT2D eigenvalue weighted by atomic mass is 10.5. The van der Waals surface area contributed by atoms with Crippen molar-refractivity contribution in [3.05, 3.63) is 12.0 Å². The quantitative estimate of drug-likeness (QED) is 0.787. The topological polar surface area (TPSA) is 66.1 Å². The third-order valence-corrected chi connectivity index (χ3v) is 4.30. The van der Waals surface area contributed by atoms with Gasteiger partial charge in [0.2, 0.25) is 0 Å². The van der Waals surface area contributed by atoms with Crippen LogP contribution >= 0.6 is 11.6 Å². The number of hydrogen-bond donors (Lipinski definition) is 1. The first kappa shape index (κ1) is 13.5. The van der Waals surface area contributed by atoms with Crippen molar-refractivity contribution in [2.24, 2.45) is 0 Å². The monoisotopic (exact) mass is 265 g/mol. The highest BCUT2D eigenvalue weighted by molar-refractivity contribution is 7.89. The summed E-state index contributed by atoms with van der Waals surface area (Å²) in [6, 6.07) is 0. The van der Waals surface area contributed by atoms with E-state index in [4.69, 9.17) is 11.6 Å². The van der Waals surface area contributed by atoms with E-state index >= 15 is 0 Å². The van der Waals surface area contributed by atoms with Gasteiger partial charge >= 0.3 is 0 Å². The van der Waals surface area contributed by atoms with Crippen molar-refractivity contribution in [3.8, 4) is 0 Å². The highest BCUT2D eigenvalue weighted by Crippen LogP contribution is 2.13. The molecule has 0 saturated heterocycles. The third kappa shape index (κ3) is 2.75. The number of imidazole rings is 1. The van der Waals surface area contributed by atoms with Crippen molar-refractivity contribution in [1.82, 2.24) is 14.3 Å². The molecule has 0 aliphatic carbocycles. The predicted octanol–water partition coefficient (Wildman–Crippen LogP) is 1.22. The molecule has 1 aromatic heterocycles. The van der Waals surface area contributed by atoms with Crippen LogP contribution in [0.3, 0.4) is 0 Å². The van der Waals surface area contributed by atoms with Crippen molar-refractivity contribution in [2.45, 2.75) is 25.3 Å². The van der Waals surface area contributed by atoms with Crippen LogP contribution in [0, 0.1) is 0 Å². The molecule has 0 aromatic carbocycles. The number of nitrogens with zero attached hydrogens (tertiary/aromatic N) is 2. The average molecular weight is 266 g/mol. The molecule has 1 aromatic rings. The van der Waals surface area contributed by atoms with Gasteiger partial charge in [-0.2, -0.15) is 4.31 Å². The van der Waals surface area contributed by atoms with Crippen molar-refractivity contribution >= 4 is 21.6 Å². The van der Waals surface area contributed by atoms with E-state index in [9.17, 15) is 8.42 Å². The summed E-state index contributed by atoms with van der Waals surface area (Å²) < 4.78 is 25.5. The number of rotatable bonds is 6. The van der Waals surface area contributed by atoms with Crippen LogP contribution in [0.25, 0.3) is 0 Å². The van der Waals surface area contributed by atoms with E-state index in [0.717, 1.165) is 0 Å². The summed E-state index contributed by atoms with van der Waals surface area (Å²) in [4.78, 5) is 6.78. The van der Waals surface area contributed by atoms with Crippen LogP contribution in [0.2, 0.25) is 0 Å². The second-order valence-electron chi connectivity index (χ2n) is 3.23. The van der Waals surface area contributed by atoms with Gasteiger partial charge in [0.15, 0.2) is 5.03 Å². The molecule has 0 unspecified atom stereocenters. The molecule has 92 valence electrons. The molecule has 0 atom stereocenters. The molecule has 0 spiro atoms. The highest BCUT2D eigenvalue weighted by atomic mass is 35.5. The molecule has 7 heteroatoms. The Kier molecular flexibility index (Phi) is 4.76. The minimum atomic E-state index is -3.47. The van der Waals surface area contributed by atoms with Crippen LogP contribution < -0.4 is 0 Å². The standard InChI is InChI=1S/C9H16ClN3O2S/c1-3-8-11-7-9(12-8)16(14,15)13(4-2)6-5-10/h7H,3-6H2,1-2H3,(H,11,12). The maximum absolute atomic E-state index is 12.1. The maximum Gasteiger partial charge on any atom is 0.260 e. The second-order valence-corrected chi connectivity index (χ2v) is 5.52. The highest BCUT2D eigenvalue weighted by Gasteiger charge is 2.24. The number of aromatic nitrogens is 2. The minimum Gasteiger partial charge on any atom is -0.332 e. The molecule has 1 N–H and O–H groups in total. The Morgan fingerprint density at radius 3 is 2.62 bits per heavy atom. The number of nitrogens with one attached hydrogen (secondary N) is 1. The Hall–Kier alpha value is -0.590. The molecule has 0 bridgehead atoms. The van der Waals surface area contributed by atoms with E-state index in [-0.39, 0.29) is 10.9 Å². The molecular weight excluding hydrogens is 250 g/mol. The zero-order valence-electron chi connectivity index (χ0n) is 9.40. The van der Waals surface area contributed by atoms with Gasteiger partial charge in [0.1, 0.15) is 5.82 Å². The molecule has 0 radical (unpaired) electrons. The van der Waals surface area contributed by atoms with Crippen LogP contribution in [0.4, 0.5) is 0 Å². The summed E-state index contributed by atoms with van der Waals surface area (Å²) in [5.74, 6) is 0.947. The fourth-order valence-corrected chi connectivity index (χ4v) is 3.02. The summed E-state index contributed by atoms with van der Waals surface area (Å²) in [5.41, 5.74) is 0. The number of alkyl halides is 1. The van der Waals surface area contributed by atoms with Crippen molar-refractivity contribution in [1.29, 1.82) is 0 Å². The Morgan fingerprint density at radius 1 is 1.50 bits per heavy atom. The van der Waals surface area contributed by atoms with E-state index in [0.29, 0.717) is 25.3 Å². The van der Waals surface area contributed by atoms with E-state index in [1.807, 2.05) is 6.92 Å². The number of hydrogen-bond acceptors (Lipinski definition) is 3. The van der Waals surface area contributed by atoms with Gasteiger partial charge in [-0.1, -0.05) is 13.8 Å². The summed E-state index contributed by atoms with van der Waals surface area (Å²) in [7, 11) is -3.47. The Bertz CT molecular complexity index is 430. The molecular formula is C9H16ClN3O2S. The van der Waals surface area contributed by atoms with Gasteiger partial charge in [-0.3, -0.25) is 0 Å². The summed E-state index contributed by atoms with van der Waals surface area (Å²) in [5, 5.41) is 0.135. The van der Waals surface area contributed by atoms with Gasteiger partial charge in [0, 0.05) is 25.4 Å². The number of H-pyrrole nitrogens is 1. The first-order valence-corrected chi connectivity index (χ1v) is 7.13. The lowest BCUT2D eigenvalue weighted by molar-refractivity contribution is 0.444. The number of aromatic amines is 1. The zero-order valence-corrected chi connectivity index (χ0v) is 11.0. The lowest BCUT2D eigenvalue weighted by Crippen LogP contribution is -2.32. The van der Waals surface area contributed by atoms with E-state index in [2.05, 4.69) is 9.97 Å². The van der Waals surface area contributed by atoms with Gasteiger partial charge in [0.05, 0.1) is 6.20 Å². The van der Waals surface area contributed by atoms with Gasteiger partial charge in [-0.25, -0.2) is 13.4 Å². The largest absolute Gasteiger partial charge is 0.332 e. The smallest absolute Gasteiger partial charge is 0.260 e. The van der Waals surface area contributed by atoms with Gasteiger partial charge in [-0.05, 0) is 0 Å². The average Bonchev–Trinajstić information content (AvgIpc) is 2.74. The van der Waals surface area contributed by atoms with Gasteiger partial charge in [-0.15, -0.1) is 11.6 Å². The molecule has 1 heterocycles. The normalized spacial score (nSPS) is 12.2. The van der Waals surface area contributed by atoms with Crippen LogP contribution in [0.5, 0.6) is 0 Å². The first-order chi connectivity index (χ1) is 7.56. The Labute approximate surface area is 101 Å². The van der Waals surface area contributed by atoms with E-state index in [1.165, 1.54) is 10.5 Å². The van der Waals surface area contributed by atoms with Gasteiger partial charge < -0.3 is 4.98 Å². The SMILES string of the molecule is CCc1ncc(S(=O)(=O)N(CC)CCCl)[nH]1. The summed E-state index contributed by atoms with van der Waals surface area (Å²) in [6.07, 6.45) is 2.03. The Balaban J connectivity index is 2.99. The van der Waals surface area contributed by atoms with Crippen LogP contribution in [0.15, 0.2) is 11.2 Å². The van der Waals surface area contributed by atoms with Crippen molar-refractivity contribution < 1.29 is 8.42 Å². The zero-order chi connectivity index (χ0) is 12.2. The molecule has 16 heavy (non-hydrogen) atoms. The van der Waals surface area contributed by atoms with Crippen LogP contribution in [-0.2, 0) is 16.4 Å². The molecule has 0 fully saturated rings. The van der Waals surface area contributed by atoms with Crippen molar-refractivity contribution in [3.63, 3.8) is 0 Å². The minimum absolute atomic E-state index is 0.135. The van der Waals surface area contributed by atoms with Crippen molar-refractivity contribution in [2.75, 3.05) is 19.0 Å². The molecule has 1 rings (SSSR count). The summed E-state index contributed by atoms with van der Waals surface area (Å²) in [6.45, 7) is 4.39. The van der Waals surface area contributed by atoms with Gasteiger partial charge in [0.25, 0.3) is 10.0 Å².